The van der Waals surface area contributed by atoms with Gasteiger partial charge in [-0.05, 0) is 12.1 Å². The summed E-state index contributed by atoms with van der Waals surface area (Å²) in [6.45, 7) is 1.69. The average molecular weight is 294 g/mol. The Morgan fingerprint density at radius 2 is 1.95 bits per heavy atom. The number of amides is 2. The fourth-order valence-electron chi connectivity index (χ4n) is 1.72. The van der Waals surface area contributed by atoms with Gasteiger partial charge in [-0.1, -0.05) is 18.2 Å². The number of nitrogens with zero attached hydrogens (tertiary/aromatic N) is 1. The zero-order valence-electron chi connectivity index (χ0n) is 12.9. The van der Waals surface area contributed by atoms with Crippen LogP contribution in [0, 0.1) is 0 Å². The molecule has 1 rings (SSSR count). The molecule has 21 heavy (non-hydrogen) atoms. The zero-order valence-corrected chi connectivity index (χ0v) is 12.9. The third kappa shape index (κ3) is 6.76. The first-order chi connectivity index (χ1) is 10.0. The number of quaternary nitrogens is 1. The molecule has 0 saturated carbocycles. The van der Waals surface area contributed by atoms with Gasteiger partial charge in [0.05, 0.1) is 13.6 Å². The molecule has 0 aliphatic heterocycles. The standard InChI is InChI=1S/C15H23N3O3/c1-16-14(19)11-18(3)15(20)12-17(2)9-10-21-13-7-5-4-6-8-13/h4-8H,9-12H2,1-3H3,(H,16,19)/p+1. The van der Waals surface area contributed by atoms with Gasteiger partial charge in [-0.25, -0.2) is 0 Å². The summed E-state index contributed by atoms with van der Waals surface area (Å²) in [7, 11) is 5.12. The van der Waals surface area contributed by atoms with Gasteiger partial charge in [0.2, 0.25) is 5.91 Å². The molecule has 1 aromatic carbocycles. The lowest BCUT2D eigenvalue weighted by Gasteiger charge is -2.19. The van der Waals surface area contributed by atoms with Crippen LogP contribution in [0.15, 0.2) is 30.3 Å². The molecule has 6 nitrogen and oxygen atoms in total. The van der Waals surface area contributed by atoms with Crippen molar-refractivity contribution < 1.29 is 19.2 Å². The Morgan fingerprint density at radius 1 is 1.29 bits per heavy atom. The van der Waals surface area contributed by atoms with Crippen molar-refractivity contribution in [3.05, 3.63) is 30.3 Å². The summed E-state index contributed by atoms with van der Waals surface area (Å²) < 4.78 is 5.59. The van der Waals surface area contributed by atoms with Crippen molar-refractivity contribution in [1.29, 1.82) is 0 Å². The molecule has 0 fully saturated rings. The van der Waals surface area contributed by atoms with Gasteiger partial charge in [0.25, 0.3) is 5.91 Å². The minimum Gasteiger partial charge on any atom is -0.488 e. The topological polar surface area (TPSA) is 63.1 Å². The van der Waals surface area contributed by atoms with Crippen LogP contribution in [0.25, 0.3) is 0 Å². The highest BCUT2D eigenvalue weighted by Crippen LogP contribution is 2.06. The van der Waals surface area contributed by atoms with Crippen LogP contribution >= 0.6 is 0 Å². The van der Waals surface area contributed by atoms with E-state index >= 15 is 0 Å². The Hall–Kier alpha value is -2.08. The van der Waals surface area contributed by atoms with Gasteiger partial charge in [-0.3, -0.25) is 9.59 Å². The Morgan fingerprint density at radius 3 is 2.57 bits per heavy atom. The highest BCUT2D eigenvalue weighted by Gasteiger charge is 2.16. The van der Waals surface area contributed by atoms with Gasteiger partial charge >= 0.3 is 0 Å². The third-order valence-corrected chi connectivity index (χ3v) is 3.08. The highest BCUT2D eigenvalue weighted by molar-refractivity contribution is 5.84. The van der Waals surface area contributed by atoms with Crippen molar-refractivity contribution in [3.8, 4) is 5.75 Å². The second kappa shape index (κ2) is 8.97. The van der Waals surface area contributed by atoms with Crippen LogP contribution < -0.4 is 15.0 Å². The normalized spacial score (nSPS) is 11.6. The van der Waals surface area contributed by atoms with E-state index in [1.807, 2.05) is 37.4 Å². The lowest BCUT2D eigenvalue weighted by Crippen LogP contribution is -3.10. The third-order valence-electron chi connectivity index (χ3n) is 3.08. The Bertz CT molecular complexity index is 451. The first-order valence-corrected chi connectivity index (χ1v) is 6.96. The Labute approximate surface area is 125 Å². The Balaban J connectivity index is 2.25. The largest absolute Gasteiger partial charge is 0.488 e. The predicted octanol–water partition coefficient (Wildman–Crippen LogP) is -1.22. The summed E-state index contributed by atoms with van der Waals surface area (Å²) in [6, 6.07) is 9.58. The van der Waals surface area contributed by atoms with Crippen molar-refractivity contribution in [3.63, 3.8) is 0 Å². The first-order valence-electron chi connectivity index (χ1n) is 6.96. The van der Waals surface area contributed by atoms with Crippen LogP contribution in [0.1, 0.15) is 0 Å². The molecule has 2 amide bonds. The Kier molecular flexibility index (Phi) is 7.25. The predicted molar refractivity (Wildman–Crippen MR) is 80.3 cm³/mol. The van der Waals surface area contributed by atoms with Crippen LogP contribution in [-0.2, 0) is 9.59 Å². The van der Waals surface area contributed by atoms with Crippen molar-refractivity contribution in [2.75, 3.05) is 47.4 Å². The smallest absolute Gasteiger partial charge is 0.277 e. The van der Waals surface area contributed by atoms with Gasteiger partial charge in [-0.15, -0.1) is 0 Å². The molecule has 1 aromatic rings. The maximum atomic E-state index is 11.9. The fourth-order valence-corrected chi connectivity index (χ4v) is 1.72. The summed E-state index contributed by atoms with van der Waals surface area (Å²) >= 11 is 0. The van der Waals surface area contributed by atoms with E-state index in [0.717, 1.165) is 10.6 Å². The molecule has 0 saturated heterocycles. The molecule has 0 heterocycles. The fraction of sp³-hybridized carbons (Fsp3) is 0.467. The molecule has 0 spiro atoms. The van der Waals surface area contributed by atoms with E-state index < -0.39 is 0 Å². The van der Waals surface area contributed by atoms with E-state index in [9.17, 15) is 9.59 Å². The van der Waals surface area contributed by atoms with E-state index in [1.165, 1.54) is 4.90 Å². The summed E-state index contributed by atoms with van der Waals surface area (Å²) in [5, 5.41) is 2.50. The summed E-state index contributed by atoms with van der Waals surface area (Å²) in [5.41, 5.74) is 0. The maximum absolute atomic E-state index is 11.9. The molecule has 6 heteroatoms. The average Bonchev–Trinajstić information content (AvgIpc) is 2.48. The van der Waals surface area contributed by atoms with Gasteiger partial charge in [0.15, 0.2) is 6.54 Å². The first kappa shape index (κ1) is 17.0. The monoisotopic (exact) mass is 294 g/mol. The van der Waals surface area contributed by atoms with E-state index in [4.69, 9.17) is 4.74 Å². The molecular weight excluding hydrogens is 270 g/mol. The number of hydrogen-bond acceptors (Lipinski definition) is 3. The lowest BCUT2D eigenvalue weighted by atomic mass is 10.3. The second-order valence-corrected chi connectivity index (χ2v) is 4.97. The lowest BCUT2D eigenvalue weighted by molar-refractivity contribution is -0.871. The number of carbonyl (C=O) groups excluding carboxylic acids is 2. The quantitative estimate of drug-likeness (QED) is 0.632. The van der Waals surface area contributed by atoms with Gasteiger partial charge in [0.1, 0.15) is 18.9 Å². The van der Waals surface area contributed by atoms with Crippen LogP contribution in [0.3, 0.4) is 0 Å². The van der Waals surface area contributed by atoms with Crippen molar-refractivity contribution in [2.45, 2.75) is 0 Å². The molecular formula is C15H24N3O3+. The molecule has 116 valence electrons. The molecule has 0 aliphatic carbocycles. The zero-order chi connectivity index (χ0) is 15.7. The maximum Gasteiger partial charge on any atom is 0.277 e. The summed E-state index contributed by atoms with van der Waals surface area (Å²) in [6.07, 6.45) is 0. The number of benzene rings is 1. The number of carbonyl (C=O) groups is 2. The number of ether oxygens (including phenoxy) is 1. The molecule has 0 aliphatic rings. The molecule has 1 unspecified atom stereocenters. The number of likely N-dealkylation sites (N-methyl/N-ethyl adjacent to an activating group) is 3. The molecule has 0 aromatic heterocycles. The summed E-state index contributed by atoms with van der Waals surface area (Å²) in [4.78, 5) is 25.6. The van der Waals surface area contributed by atoms with Crippen molar-refractivity contribution in [1.82, 2.24) is 10.2 Å². The molecule has 1 atom stereocenters. The number of rotatable bonds is 8. The van der Waals surface area contributed by atoms with Crippen LogP contribution in [0.4, 0.5) is 0 Å². The van der Waals surface area contributed by atoms with Gasteiger partial charge in [-0.2, -0.15) is 0 Å². The van der Waals surface area contributed by atoms with Crippen LogP contribution in [0.5, 0.6) is 5.75 Å². The SMILES string of the molecule is CNC(=O)CN(C)C(=O)C[NH+](C)CCOc1ccccc1. The van der Waals surface area contributed by atoms with E-state index in [2.05, 4.69) is 5.32 Å². The molecule has 0 radical (unpaired) electrons. The van der Waals surface area contributed by atoms with Crippen molar-refractivity contribution in [2.24, 2.45) is 0 Å². The highest BCUT2D eigenvalue weighted by atomic mass is 16.5. The van der Waals surface area contributed by atoms with Crippen LogP contribution in [-0.4, -0.2) is 64.1 Å². The van der Waals surface area contributed by atoms with Crippen LogP contribution in [0.2, 0.25) is 0 Å². The van der Waals surface area contributed by atoms with Gasteiger partial charge < -0.3 is 19.9 Å². The minimum absolute atomic E-state index is 0.0594. The van der Waals surface area contributed by atoms with Gasteiger partial charge in [0, 0.05) is 14.1 Å². The van der Waals surface area contributed by atoms with Crippen molar-refractivity contribution >= 4 is 11.8 Å². The van der Waals surface area contributed by atoms with E-state index in [1.54, 1.807) is 14.1 Å². The number of para-hydroxylation sites is 1. The van der Waals surface area contributed by atoms with E-state index in [0.29, 0.717) is 19.7 Å². The van der Waals surface area contributed by atoms with E-state index in [-0.39, 0.29) is 18.4 Å². The summed E-state index contributed by atoms with van der Waals surface area (Å²) in [5.74, 6) is 0.597. The molecule has 2 N–H and O–H groups in total. The number of nitrogens with one attached hydrogen (secondary N) is 2. The second-order valence-electron chi connectivity index (χ2n) is 4.97. The number of hydrogen-bond donors (Lipinski definition) is 2. The minimum atomic E-state index is -0.170. The molecule has 0 bridgehead atoms.